The van der Waals surface area contributed by atoms with Crippen LogP contribution < -0.4 is 10.6 Å². The van der Waals surface area contributed by atoms with Crippen molar-refractivity contribution < 1.29 is 39.7 Å². The van der Waals surface area contributed by atoms with Gasteiger partial charge in [0.15, 0.2) is 9.84 Å². The summed E-state index contributed by atoms with van der Waals surface area (Å²) < 4.78 is 83.2. The van der Waals surface area contributed by atoms with Crippen LogP contribution in [0.25, 0.3) is 0 Å². The van der Waals surface area contributed by atoms with Crippen molar-refractivity contribution in [3.8, 4) is 0 Å². The number of alkyl halides is 3. The van der Waals surface area contributed by atoms with E-state index in [0.717, 1.165) is 6.07 Å². The van der Waals surface area contributed by atoms with Gasteiger partial charge in [0.05, 0.1) is 27.9 Å². The van der Waals surface area contributed by atoms with E-state index in [1.807, 2.05) is 0 Å². The van der Waals surface area contributed by atoms with Gasteiger partial charge in [0.2, 0.25) is 5.91 Å². The van der Waals surface area contributed by atoms with Gasteiger partial charge in [-0.05, 0) is 18.6 Å². The molecule has 2 N–H and O–H groups in total. The molecule has 0 saturated carbocycles. The molecule has 1 fully saturated rings. The van der Waals surface area contributed by atoms with Gasteiger partial charge < -0.3 is 10.6 Å². The highest BCUT2D eigenvalue weighted by Gasteiger charge is 2.47. The summed E-state index contributed by atoms with van der Waals surface area (Å²) in [5.74, 6) is -1.00. The van der Waals surface area contributed by atoms with E-state index < -0.39 is 59.2 Å². The molecule has 1 aromatic carbocycles. The van der Waals surface area contributed by atoms with Crippen LogP contribution in [0.5, 0.6) is 0 Å². The molecule has 1 aromatic rings. The number of anilines is 1. The zero-order chi connectivity index (χ0) is 21.3. The van der Waals surface area contributed by atoms with E-state index in [2.05, 4.69) is 10.6 Å². The van der Waals surface area contributed by atoms with Crippen molar-refractivity contribution in [1.82, 2.24) is 5.32 Å². The van der Waals surface area contributed by atoms with Crippen LogP contribution in [0.3, 0.4) is 0 Å². The van der Waals surface area contributed by atoms with E-state index in [0.29, 0.717) is 6.07 Å². The Morgan fingerprint density at radius 3 is 2.46 bits per heavy atom. The molecule has 156 valence electrons. The maximum absolute atomic E-state index is 12.6. The minimum absolute atomic E-state index is 0.0774. The van der Waals surface area contributed by atoms with Crippen molar-refractivity contribution in [1.29, 1.82) is 0 Å². The fourth-order valence-electron chi connectivity index (χ4n) is 2.48. The molecule has 28 heavy (non-hydrogen) atoms. The van der Waals surface area contributed by atoms with E-state index in [9.17, 15) is 44.9 Å². The Kier molecular flexibility index (Phi) is 5.89. The van der Waals surface area contributed by atoms with Crippen molar-refractivity contribution in [3.63, 3.8) is 0 Å². The molecule has 10 nitrogen and oxygen atoms in total. The Balaban J connectivity index is 2.13. The van der Waals surface area contributed by atoms with Crippen molar-refractivity contribution in [3.05, 3.63) is 28.3 Å². The molecule has 1 aliphatic heterocycles. The number of nitro groups is 1. The number of benzene rings is 1. The smallest absolute Gasteiger partial charge is 0.371 e. The third-order valence-electron chi connectivity index (χ3n) is 3.82. The van der Waals surface area contributed by atoms with Crippen LogP contribution in [0.15, 0.2) is 23.1 Å². The van der Waals surface area contributed by atoms with Crippen LogP contribution in [-0.4, -0.2) is 57.3 Å². The molecule has 1 aliphatic rings. The highest BCUT2D eigenvalue weighted by molar-refractivity contribution is 7.92. The Labute approximate surface area is 157 Å². The number of hydrogen-bond donors (Lipinski definition) is 2. The molecule has 2 rings (SSSR count). The van der Waals surface area contributed by atoms with Gasteiger partial charge in [-0.2, -0.15) is 13.2 Å². The summed E-state index contributed by atoms with van der Waals surface area (Å²) >= 11 is 0. The summed E-state index contributed by atoms with van der Waals surface area (Å²) in [5.41, 5.74) is -6.97. The number of rotatable bonds is 6. The van der Waals surface area contributed by atoms with E-state index in [-0.39, 0.29) is 29.7 Å². The molecule has 1 amide bonds. The summed E-state index contributed by atoms with van der Waals surface area (Å²) in [4.78, 5) is 20.5. The Morgan fingerprint density at radius 1 is 1.32 bits per heavy atom. The minimum atomic E-state index is -5.78. The van der Waals surface area contributed by atoms with Gasteiger partial charge in [-0.25, -0.2) is 16.8 Å². The molecular formula is C13H14F3N3O7S2. The van der Waals surface area contributed by atoms with Gasteiger partial charge in [0.1, 0.15) is 5.69 Å². The normalized spacial score (nSPS) is 19.2. The number of hydrogen-bond acceptors (Lipinski definition) is 8. The van der Waals surface area contributed by atoms with Gasteiger partial charge in [-0.3, -0.25) is 14.9 Å². The van der Waals surface area contributed by atoms with Crippen molar-refractivity contribution in [2.24, 2.45) is 0 Å². The van der Waals surface area contributed by atoms with E-state index in [1.165, 1.54) is 0 Å². The van der Waals surface area contributed by atoms with Crippen LogP contribution in [0.1, 0.15) is 6.42 Å². The maximum Gasteiger partial charge on any atom is 0.501 e. The molecule has 1 saturated heterocycles. The number of halogens is 3. The first kappa shape index (κ1) is 21.9. The molecule has 0 spiro atoms. The van der Waals surface area contributed by atoms with Crippen LogP contribution in [0.2, 0.25) is 0 Å². The van der Waals surface area contributed by atoms with E-state index in [1.54, 1.807) is 0 Å². The molecule has 0 radical (unpaired) electrons. The summed E-state index contributed by atoms with van der Waals surface area (Å²) in [6.07, 6.45) is 0.220. The number of carbonyl (C=O) groups excluding carboxylic acids is 1. The highest BCUT2D eigenvalue weighted by atomic mass is 32.2. The highest BCUT2D eigenvalue weighted by Crippen LogP contribution is 2.34. The molecule has 0 unspecified atom stereocenters. The van der Waals surface area contributed by atoms with Gasteiger partial charge in [0, 0.05) is 12.1 Å². The van der Waals surface area contributed by atoms with Crippen LogP contribution in [0.4, 0.5) is 24.5 Å². The zero-order valence-corrected chi connectivity index (χ0v) is 15.5. The van der Waals surface area contributed by atoms with Crippen molar-refractivity contribution in [2.75, 3.05) is 23.4 Å². The maximum atomic E-state index is 12.6. The van der Waals surface area contributed by atoms with E-state index in [4.69, 9.17) is 0 Å². The van der Waals surface area contributed by atoms with Crippen LogP contribution in [0, 0.1) is 10.1 Å². The molecule has 0 aliphatic carbocycles. The largest absolute Gasteiger partial charge is 0.501 e. The van der Waals surface area contributed by atoms with Gasteiger partial charge >= 0.3 is 5.51 Å². The third-order valence-corrected chi connectivity index (χ3v) is 7.07. The predicted octanol–water partition coefficient (Wildman–Crippen LogP) is 0.603. The molecule has 15 heteroatoms. The topological polar surface area (TPSA) is 153 Å². The molecular weight excluding hydrogens is 431 g/mol. The standard InChI is InChI=1S/C13H14F3N3O7S2/c14-13(15,16)28(25,26)9-1-2-10(11(5-9)19(21)22)17-6-12(20)18-8-3-4-27(23,24)7-8/h1-2,5,8,17H,3-4,6-7H2,(H,18,20)/t8-/m0/s1. The lowest BCUT2D eigenvalue weighted by Gasteiger charge is -2.13. The Bertz CT molecular complexity index is 1010. The number of nitrogens with zero attached hydrogens (tertiary/aromatic N) is 1. The number of amides is 1. The first-order valence-electron chi connectivity index (χ1n) is 7.56. The molecule has 1 atom stereocenters. The second kappa shape index (κ2) is 7.54. The van der Waals surface area contributed by atoms with Crippen molar-refractivity contribution >= 4 is 37.0 Å². The van der Waals surface area contributed by atoms with Gasteiger partial charge in [-0.15, -0.1) is 0 Å². The lowest BCUT2D eigenvalue weighted by Crippen LogP contribution is -2.39. The number of nitrogens with one attached hydrogen (secondary N) is 2. The van der Waals surface area contributed by atoms with Crippen molar-refractivity contribution in [2.45, 2.75) is 22.9 Å². The zero-order valence-electron chi connectivity index (χ0n) is 13.9. The van der Waals surface area contributed by atoms with Crippen LogP contribution >= 0.6 is 0 Å². The predicted molar refractivity (Wildman–Crippen MR) is 90.0 cm³/mol. The first-order chi connectivity index (χ1) is 12.7. The number of sulfone groups is 2. The first-order valence-corrected chi connectivity index (χ1v) is 10.9. The Hall–Kier alpha value is -2.42. The second-order valence-corrected chi connectivity index (χ2v) is 10.1. The average Bonchev–Trinajstić information content (AvgIpc) is 2.90. The average molecular weight is 445 g/mol. The quantitative estimate of drug-likeness (QED) is 0.477. The second-order valence-electron chi connectivity index (χ2n) is 5.91. The lowest BCUT2D eigenvalue weighted by molar-refractivity contribution is -0.384. The van der Waals surface area contributed by atoms with Gasteiger partial charge in [0.25, 0.3) is 15.5 Å². The summed E-state index contributed by atoms with van der Waals surface area (Å²) in [7, 11) is -9.01. The van der Waals surface area contributed by atoms with Gasteiger partial charge in [-0.1, -0.05) is 0 Å². The summed E-state index contributed by atoms with van der Waals surface area (Å²) in [6, 6.07) is 0.907. The number of nitro benzene ring substituents is 1. The molecule has 1 heterocycles. The fraction of sp³-hybridized carbons (Fsp3) is 0.462. The van der Waals surface area contributed by atoms with Crippen LogP contribution in [-0.2, 0) is 24.5 Å². The third kappa shape index (κ3) is 4.89. The summed E-state index contributed by atoms with van der Waals surface area (Å²) in [5, 5.41) is 15.8. The van der Waals surface area contributed by atoms with E-state index >= 15 is 0 Å². The lowest BCUT2D eigenvalue weighted by atomic mass is 10.2. The monoisotopic (exact) mass is 445 g/mol. The Morgan fingerprint density at radius 2 is 1.96 bits per heavy atom. The number of carbonyl (C=O) groups is 1. The summed E-state index contributed by atoms with van der Waals surface area (Å²) in [6.45, 7) is -0.539. The fourth-order valence-corrected chi connectivity index (χ4v) is 4.93. The minimum Gasteiger partial charge on any atom is -0.371 e. The molecule has 0 aromatic heterocycles. The molecule has 0 bridgehead atoms. The SMILES string of the molecule is O=C(CNc1ccc(S(=O)(=O)C(F)(F)F)cc1[N+](=O)[O-])N[C@H]1CCS(=O)(=O)C1.